The molecule has 0 aliphatic heterocycles. The Kier molecular flexibility index (Phi) is 3.48. The van der Waals surface area contributed by atoms with Gasteiger partial charge in [0.05, 0.1) is 7.11 Å². The first-order valence-electron chi connectivity index (χ1n) is 4.29. The van der Waals surface area contributed by atoms with E-state index >= 15 is 0 Å². The molecule has 0 aliphatic rings. The maximum absolute atomic E-state index is 11.0. The highest BCUT2D eigenvalue weighted by Crippen LogP contribution is 2.16. The van der Waals surface area contributed by atoms with E-state index in [9.17, 15) is 4.79 Å². The molecule has 1 aromatic carbocycles. The number of likely N-dealkylation sites (N-methyl/N-ethyl adjacent to an activating group) is 1. The van der Waals surface area contributed by atoms with Crippen LogP contribution >= 0.6 is 0 Å². The smallest absolute Gasteiger partial charge is 0.239 e. The van der Waals surface area contributed by atoms with Crippen molar-refractivity contribution in [2.45, 2.75) is 6.04 Å². The summed E-state index contributed by atoms with van der Waals surface area (Å²) >= 11 is 0. The summed E-state index contributed by atoms with van der Waals surface area (Å²) in [5.74, 6) is 0.366. The Morgan fingerprint density at radius 1 is 1.43 bits per heavy atom. The van der Waals surface area contributed by atoms with Crippen LogP contribution in [0.15, 0.2) is 24.3 Å². The first kappa shape index (κ1) is 10.5. The minimum atomic E-state index is -0.444. The van der Waals surface area contributed by atoms with E-state index < -0.39 is 11.9 Å². The Hall–Kier alpha value is -1.55. The molecule has 0 bridgehead atoms. The average Bonchev–Trinajstić information content (AvgIpc) is 2.19. The molecule has 0 spiro atoms. The molecule has 3 N–H and O–H groups in total. The van der Waals surface area contributed by atoms with Gasteiger partial charge >= 0.3 is 0 Å². The van der Waals surface area contributed by atoms with Crippen molar-refractivity contribution in [3.8, 4) is 5.75 Å². The first-order valence-corrected chi connectivity index (χ1v) is 4.29. The quantitative estimate of drug-likeness (QED) is 0.731. The minimum absolute atomic E-state index is 0.391. The van der Waals surface area contributed by atoms with E-state index in [0.717, 1.165) is 11.3 Å². The molecule has 1 rings (SSSR count). The molecular weight excluding hydrogens is 180 g/mol. The van der Waals surface area contributed by atoms with Crippen LogP contribution in [-0.4, -0.2) is 20.1 Å². The van der Waals surface area contributed by atoms with Gasteiger partial charge in [-0.25, -0.2) is 0 Å². The third-order valence-electron chi connectivity index (χ3n) is 2.02. The second-order valence-corrected chi connectivity index (χ2v) is 2.90. The number of primary amides is 1. The van der Waals surface area contributed by atoms with Gasteiger partial charge in [0.15, 0.2) is 0 Å². The lowest BCUT2D eigenvalue weighted by molar-refractivity contribution is -0.120. The SMILES string of the molecule is CN[C@H](C(N)=O)c1ccc(OC)cc1. The normalized spacial score (nSPS) is 12.1. The van der Waals surface area contributed by atoms with Crippen molar-refractivity contribution in [2.75, 3.05) is 14.2 Å². The lowest BCUT2D eigenvalue weighted by Gasteiger charge is -2.12. The molecule has 1 aromatic rings. The number of hydrogen-bond acceptors (Lipinski definition) is 3. The molecule has 0 unspecified atom stereocenters. The highest BCUT2D eigenvalue weighted by atomic mass is 16.5. The molecule has 0 aliphatic carbocycles. The van der Waals surface area contributed by atoms with Crippen molar-refractivity contribution < 1.29 is 9.53 Å². The second-order valence-electron chi connectivity index (χ2n) is 2.90. The van der Waals surface area contributed by atoms with Gasteiger partial charge in [-0.1, -0.05) is 12.1 Å². The van der Waals surface area contributed by atoms with Gasteiger partial charge in [-0.3, -0.25) is 4.79 Å². The van der Waals surface area contributed by atoms with Crippen LogP contribution in [0.4, 0.5) is 0 Å². The molecule has 0 fully saturated rings. The number of hydrogen-bond donors (Lipinski definition) is 2. The number of amides is 1. The van der Waals surface area contributed by atoms with Crippen LogP contribution in [0.1, 0.15) is 11.6 Å². The van der Waals surface area contributed by atoms with Crippen LogP contribution in [-0.2, 0) is 4.79 Å². The molecule has 0 heterocycles. The van der Waals surface area contributed by atoms with Gasteiger partial charge in [0.2, 0.25) is 5.91 Å². The number of nitrogens with one attached hydrogen (secondary N) is 1. The van der Waals surface area contributed by atoms with Crippen molar-refractivity contribution in [1.29, 1.82) is 0 Å². The fraction of sp³-hybridized carbons (Fsp3) is 0.300. The molecular formula is C10H14N2O2. The maximum atomic E-state index is 11.0. The van der Waals surface area contributed by atoms with Gasteiger partial charge in [-0.05, 0) is 24.7 Å². The Labute approximate surface area is 83.1 Å². The second kappa shape index (κ2) is 4.62. The highest BCUT2D eigenvalue weighted by Gasteiger charge is 2.14. The fourth-order valence-electron chi connectivity index (χ4n) is 1.27. The summed E-state index contributed by atoms with van der Waals surface area (Å²) in [6, 6.07) is 6.77. The molecule has 1 amide bonds. The topological polar surface area (TPSA) is 64.3 Å². The van der Waals surface area contributed by atoms with Crippen LogP contribution in [0.25, 0.3) is 0 Å². The van der Waals surface area contributed by atoms with E-state index in [4.69, 9.17) is 10.5 Å². The zero-order valence-electron chi connectivity index (χ0n) is 8.28. The Morgan fingerprint density at radius 3 is 2.36 bits per heavy atom. The Bertz CT molecular complexity index is 308. The number of rotatable bonds is 4. The van der Waals surface area contributed by atoms with Crippen LogP contribution in [0.5, 0.6) is 5.75 Å². The van der Waals surface area contributed by atoms with E-state index in [1.165, 1.54) is 0 Å². The van der Waals surface area contributed by atoms with Gasteiger partial charge in [-0.15, -0.1) is 0 Å². The zero-order valence-corrected chi connectivity index (χ0v) is 8.28. The molecule has 4 heteroatoms. The van der Waals surface area contributed by atoms with Crippen LogP contribution < -0.4 is 15.8 Å². The number of ether oxygens (including phenoxy) is 1. The lowest BCUT2D eigenvalue weighted by Crippen LogP contribution is -2.31. The third kappa shape index (κ3) is 2.23. The first-order chi connectivity index (χ1) is 6.69. The fourth-order valence-corrected chi connectivity index (χ4v) is 1.27. The summed E-state index contributed by atoms with van der Waals surface area (Å²) in [6.07, 6.45) is 0. The van der Waals surface area contributed by atoms with Crippen molar-refractivity contribution in [1.82, 2.24) is 5.32 Å². The van der Waals surface area contributed by atoms with Crippen molar-refractivity contribution in [3.05, 3.63) is 29.8 Å². The monoisotopic (exact) mass is 194 g/mol. The van der Waals surface area contributed by atoms with Crippen molar-refractivity contribution >= 4 is 5.91 Å². The van der Waals surface area contributed by atoms with Crippen molar-refractivity contribution in [2.24, 2.45) is 5.73 Å². The number of nitrogens with two attached hydrogens (primary N) is 1. The van der Waals surface area contributed by atoms with E-state index in [1.54, 1.807) is 26.3 Å². The number of methoxy groups -OCH3 is 1. The summed E-state index contributed by atoms with van der Waals surface area (Å²) in [7, 11) is 3.29. The molecule has 14 heavy (non-hydrogen) atoms. The minimum Gasteiger partial charge on any atom is -0.497 e. The van der Waals surface area contributed by atoms with Crippen LogP contribution in [0.2, 0.25) is 0 Å². The summed E-state index contributed by atoms with van der Waals surface area (Å²) in [5.41, 5.74) is 6.05. The molecule has 1 atom stereocenters. The highest BCUT2D eigenvalue weighted by molar-refractivity contribution is 5.81. The largest absolute Gasteiger partial charge is 0.497 e. The summed E-state index contributed by atoms with van der Waals surface area (Å²) in [6.45, 7) is 0. The molecule has 0 saturated carbocycles. The van der Waals surface area contributed by atoms with Gasteiger partial charge in [0, 0.05) is 0 Å². The van der Waals surface area contributed by atoms with Crippen LogP contribution in [0.3, 0.4) is 0 Å². The molecule has 76 valence electrons. The third-order valence-corrected chi connectivity index (χ3v) is 2.02. The maximum Gasteiger partial charge on any atom is 0.239 e. The average molecular weight is 194 g/mol. The van der Waals surface area contributed by atoms with E-state index in [0.29, 0.717) is 0 Å². The van der Waals surface area contributed by atoms with Crippen molar-refractivity contribution in [3.63, 3.8) is 0 Å². The summed E-state index contributed by atoms with van der Waals surface area (Å²) in [4.78, 5) is 11.0. The van der Waals surface area contributed by atoms with Gasteiger partial charge in [-0.2, -0.15) is 0 Å². The predicted molar refractivity (Wildman–Crippen MR) is 54.0 cm³/mol. The Balaban J connectivity index is 2.89. The number of carbonyl (C=O) groups is 1. The van der Waals surface area contributed by atoms with Crippen LogP contribution in [0, 0.1) is 0 Å². The van der Waals surface area contributed by atoms with E-state index in [2.05, 4.69) is 5.32 Å². The predicted octanol–water partition coefficient (Wildman–Crippen LogP) is 0.441. The molecule has 0 aromatic heterocycles. The van der Waals surface area contributed by atoms with Gasteiger partial charge < -0.3 is 15.8 Å². The Morgan fingerprint density at radius 2 is 2.00 bits per heavy atom. The van der Waals surface area contributed by atoms with Gasteiger partial charge in [0.1, 0.15) is 11.8 Å². The van der Waals surface area contributed by atoms with E-state index in [1.807, 2.05) is 12.1 Å². The number of benzene rings is 1. The molecule has 0 saturated heterocycles. The van der Waals surface area contributed by atoms with E-state index in [-0.39, 0.29) is 0 Å². The molecule has 0 radical (unpaired) electrons. The molecule has 4 nitrogen and oxygen atoms in total. The summed E-state index contributed by atoms with van der Waals surface area (Å²) < 4.78 is 5.01. The lowest BCUT2D eigenvalue weighted by atomic mass is 10.1. The summed E-state index contributed by atoms with van der Waals surface area (Å²) in [5, 5.41) is 2.84. The standard InChI is InChI=1S/C10H14N2O2/c1-12-9(10(11)13)7-3-5-8(14-2)6-4-7/h3-6,9,12H,1-2H3,(H2,11,13)/t9-/m0/s1. The van der Waals surface area contributed by atoms with Gasteiger partial charge in [0.25, 0.3) is 0 Å². The number of carbonyl (C=O) groups excluding carboxylic acids is 1. The zero-order chi connectivity index (χ0) is 10.6.